The Bertz CT molecular complexity index is 1610. The third-order valence-corrected chi connectivity index (χ3v) is 6.30. The molecule has 0 bridgehead atoms. The molecule has 190 valence electrons. The molecule has 1 saturated heterocycles. The molecule has 2 aromatic carbocycles. The first kappa shape index (κ1) is 23.5. The van der Waals surface area contributed by atoms with E-state index in [0.29, 0.717) is 33.9 Å². The summed E-state index contributed by atoms with van der Waals surface area (Å²) in [6.45, 7) is -0.117. The third kappa shape index (κ3) is 4.88. The van der Waals surface area contributed by atoms with Crippen LogP contribution in [0, 0.1) is 0 Å². The van der Waals surface area contributed by atoms with E-state index >= 15 is 0 Å². The van der Waals surface area contributed by atoms with Crippen LogP contribution in [0.15, 0.2) is 85.3 Å². The van der Waals surface area contributed by atoms with Crippen LogP contribution in [-0.2, 0) is 0 Å². The second kappa shape index (κ2) is 9.55. The van der Waals surface area contributed by atoms with Gasteiger partial charge in [-0.05, 0) is 48.0 Å². The number of hydrogen-bond acceptors (Lipinski definition) is 6. The summed E-state index contributed by atoms with van der Waals surface area (Å²) < 4.78 is 32.9. The minimum Gasteiger partial charge on any atom is -0.456 e. The van der Waals surface area contributed by atoms with Crippen molar-refractivity contribution in [3.05, 3.63) is 91.0 Å². The van der Waals surface area contributed by atoms with Gasteiger partial charge in [0.15, 0.2) is 5.69 Å². The van der Waals surface area contributed by atoms with Gasteiger partial charge in [0.05, 0.1) is 30.1 Å². The summed E-state index contributed by atoms with van der Waals surface area (Å²) in [5.41, 5.74) is 3.02. The van der Waals surface area contributed by atoms with Gasteiger partial charge in [-0.2, -0.15) is 5.10 Å². The van der Waals surface area contributed by atoms with E-state index in [2.05, 4.69) is 25.5 Å². The molecule has 1 amide bonds. The molecule has 10 heteroatoms. The SMILES string of the molecule is O=C(Nc1ccc(N2CCC(F)(F)C2)nc1)c1n[nH]c2ccc(-c3cncc(Oc4ccccc4)c3)cc12. The van der Waals surface area contributed by atoms with Crippen molar-refractivity contribution in [1.29, 1.82) is 0 Å². The molecule has 8 nitrogen and oxygen atoms in total. The smallest absolute Gasteiger partial charge is 0.276 e. The van der Waals surface area contributed by atoms with Gasteiger partial charge in [-0.1, -0.05) is 24.3 Å². The largest absolute Gasteiger partial charge is 0.456 e. The number of fused-ring (bicyclic) bond motifs is 1. The molecule has 2 N–H and O–H groups in total. The zero-order chi connectivity index (χ0) is 26.1. The van der Waals surface area contributed by atoms with Gasteiger partial charge in [-0.25, -0.2) is 13.8 Å². The maximum atomic E-state index is 13.5. The zero-order valence-electron chi connectivity index (χ0n) is 20.1. The number of benzene rings is 2. The van der Waals surface area contributed by atoms with E-state index in [1.54, 1.807) is 24.5 Å². The predicted octanol–water partition coefficient (Wildman–Crippen LogP) is 5.91. The summed E-state index contributed by atoms with van der Waals surface area (Å²) in [7, 11) is 0. The van der Waals surface area contributed by atoms with Crippen LogP contribution >= 0.6 is 0 Å². The molecule has 1 fully saturated rings. The van der Waals surface area contributed by atoms with E-state index in [4.69, 9.17) is 4.74 Å². The van der Waals surface area contributed by atoms with Gasteiger partial charge in [0.1, 0.15) is 17.3 Å². The Morgan fingerprint density at radius 3 is 2.61 bits per heavy atom. The number of hydrogen-bond donors (Lipinski definition) is 2. The number of carbonyl (C=O) groups is 1. The highest BCUT2D eigenvalue weighted by atomic mass is 19.3. The number of alkyl halides is 2. The van der Waals surface area contributed by atoms with E-state index in [0.717, 1.165) is 11.1 Å². The van der Waals surface area contributed by atoms with E-state index in [-0.39, 0.29) is 25.2 Å². The van der Waals surface area contributed by atoms with E-state index in [9.17, 15) is 13.6 Å². The first-order valence-corrected chi connectivity index (χ1v) is 12.0. The number of carbonyl (C=O) groups excluding carboxylic acids is 1. The summed E-state index contributed by atoms with van der Waals surface area (Å²) in [6.07, 6.45) is 4.62. The van der Waals surface area contributed by atoms with Gasteiger partial charge in [-0.15, -0.1) is 0 Å². The molecule has 0 unspecified atom stereocenters. The van der Waals surface area contributed by atoms with Crippen LogP contribution < -0.4 is 15.0 Å². The summed E-state index contributed by atoms with van der Waals surface area (Å²) in [5, 5.41) is 10.5. The maximum absolute atomic E-state index is 13.5. The van der Waals surface area contributed by atoms with Gasteiger partial charge in [0.25, 0.3) is 11.8 Å². The maximum Gasteiger partial charge on any atom is 0.276 e. The van der Waals surface area contributed by atoms with Crippen LogP contribution in [0.1, 0.15) is 16.9 Å². The van der Waals surface area contributed by atoms with Crippen LogP contribution in [0.25, 0.3) is 22.0 Å². The number of aromatic nitrogens is 4. The molecular formula is C28H22F2N6O2. The lowest BCUT2D eigenvalue weighted by molar-refractivity contribution is 0.0256. The molecule has 1 aliphatic heterocycles. The minimum atomic E-state index is -2.71. The minimum absolute atomic E-state index is 0.193. The lowest BCUT2D eigenvalue weighted by atomic mass is 10.0. The Hall–Kier alpha value is -4.86. The number of anilines is 2. The number of ether oxygens (including phenoxy) is 1. The molecule has 38 heavy (non-hydrogen) atoms. The monoisotopic (exact) mass is 512 g/mol. The molecule has 3 aromatic heterocycles. The highest BCUT2D eigenvalue weighted by Crippen LogP contribution is 2.31. The number of para-hydroxylation sites is 1. The van der Waals surface area contributed by atoms with Gasteiger partial charge in [0.2, 0.25) is 0 Å². The van der Waals surface area contributed by atoms with Crippen molar-refractivity contribution in [3.63, 3.8) is 0 Å². The molecule has 0 spiro atoms. The Kier molecular flexibility index (Phi) is 5.91. The molecule has 4 heterocycles. The van der Waals surface area contributed by atoms with Crippen molar-refractivity contribution in [2.75, 3.05) is 23.3 Å². The molecule has 6 rings (SSSR count). The van der Waals surface area contributed by atoms with Crippen molar-refractivity contribution < 1.29 is 18.3 Å². The molecule has 0 saturated carbocycles. The fourth-order valence-corrected chi connectivity index (χ4v) is 4.39. The average molecular weight is 513 g/mol. The van der Waals surface area contributed by atoms with Crippen LogP contribution in [0.2, 0.25) is 0 Å². The number of amides is 1. The standard InChI is InChI=1S/C28H22F2N6O2/c29-28(30)10-11-36(17-28)25-9-7-20(15-32-25)33-27(37)26-23-13-18(6-8-24(23)34-35-26)19-12-22(16-31-14-19)38-21-4-2-1-3-5-21/h1-9,12-16H,10-11,17H2,(H,33,37)(H,34,35). The van der Waals surface area contributed by atoms with Gasteiger partial charge in [-0.3, -0.25) is 14.9 Å². The number of H-pyrrole nitrogens is 1. The van der Waals surface area contributed by atoms with Gasteiger partial charge < -0.3 is 15.0 Å². The van der Waals surface area contributed by atoms with Crippen LogP contribution in [0.3, 0.4) is 0 Å². The number of nitrogens with zero attached hydrogens (tertiary/aromatic N) is 4. The van der Waals surface area contributed by atoms with Gasteiger partial charge in [0, 0.05) is 30.1 Å². The first-order valence-electron chi connectivity index (χ1n) is 12.0. The van der Waals surface area contributed by atoms with Crippen molar-refractivity contribution in [3.8, 4) is 22.6 Å². The zero-order valence-corrected chi connectivity index (χ0v) is 20.1. The van der Waals surface area contributed by atoms with Crippen molar-refractivity contribution in [2.45, 2.75) is 12.3 Å². The highest BCUT2D eigenvalue weighted by Gasteiger charge is 2.38. The topological polar surface area (TPSA) is 96.0 Å². The predicted molar refractivity (Wildman–Crippen MR) is 140 cm³/mol. The molecule has 1 aliphatic rings. The fourth-order valence-electron chi connectivity index (χ4n) is 4.39. The third-order valence-electron chi connectivity index (χ3n) is 6.30. The van der Waals surface area contributed by atoms with Gasteiger partial charge >= 0.3 is 0 Å². The quantitative estimate of drug-likeness (QED) is 0.294. The van der Waals surface area contributed by atoms with Crippen molar-refractivity contribution in [1.82, 2.24) is 20.2 Å². The number of nitrogens with one attached hydrogen (secondary N) is 2. The Morgan fingerprint density at radius 2 is 1.84 bits per heavy atom. The second-order valence-corrected chi connectivity index (χ2v) is 9.04. The number of aromatic amines is 1. The van der Waals surface area contributed by atoms with Crippen LogP contribution in [0.5, 0.6) is 11.5 Å². The summed E-state index contributed by atoms with van der Waals surface area (Å²) in [5.74, 6) is -1.39. The number of pyridine rings is 2. The van der Waals surface area contributed by atoms with E-state index in [1.165, 1.54) is 11.1 Å². The lowest BCUT2D eigenvalue weighted by Crippen LogP contribution is -2.25. The summed E-state index contributed by atoms with van der Waals surface area (Å²) in [6, 6.07) is 20.2. The normalized spacial score (nSPS) is 14.5. The molecule has 0 aliphatic carbocycles. The molecule has 0 radical (unpaired) electrons. The van der Waals surface area contributed by atoms with Crippen molar-refractivity contribution in [2.24, 2.45) is 0 Å². The van der Waals surface area contributed by atoms with Crippen LogP contribution in [0.4, 0.5) is 20.3 Å². The summed E-state index contributed by atoms with van der Waals surface area (Å²) in [4.78, 5) is 23.1. The van der Waals surface area contributed by atoms with E-state index in [1.807, 2.05) is 54.6 Å². The highest BCUT2D eigenvalue weighted by molar-refractivity contribution is 6.11. The number of halogens is 2. The van der Waals surface area contributed by atoms with Crippen molar-refractivity contribution >= 4 is 28.3 Å². The lowest BCUT2D eigenvalue weighted by Gasteiger charge is -2.17. The second-order valence-electron chi connectivity index (χ2n) is 9.04. The molecular weight excluding hydrogens is 490 g/mol. The number of rotatable bonds is 6. The Morgan fingerprint density at radius 1 is 0.974 bits per heavy atom. The fraction of sp³-hybridized carbons (Fsp3) is 0.143. The molecule has 5 aromatic rings. The van der Waals surface area contributed by atoms with E-state index < -0.39 is 11.8 Å². The average Bonchev–Trinajstić information content (AvgIpc) is 3.52. The molecule has 0 atom stereocenters. The first-order chi connectivity index (χ1) is 18.4. The van der Waals surface area contributed by atoms with Crippen LogP contribution in [-0.4, -0.2) is 45.1 Å². The Balaban J connectivity index is 1.21. The summed E-state index contributed by atoms with van der Waals surface area (Å²) >= 11 is 0. The Labute approximate surface area is 216 Å².